The average Bonchev–Trinajstić information content (AvgIpc) is 3.26. The Kier molecular flexibility index (Phi) is 6.82. The van der Waals surface area contributed by atoms with Gasteiger partial charge in [-0.3, -0.25) is 14.3 Å². The van der Waals surface area contributed by atoms with Crippen LogP contribution >= 0.6 is 23.5 Å². The molecule has 2 aromatic heterocycles. The summed E-state index contributed by atoms with van der Waals surface area (Å²) in [6.07, 6.45) is 6.27. The number of halogens is 1. The zero-order chi connectivity index (χ0) is 23.4. The second-order valence-corrected chi connectivity index (χ2v) is 8.69. The van der Waals surface area contributed by atoms with E-state index in [1.807, 2.05) is 13.8 Å². The fourth-order valence-electron chi connectivity index (χ4n) is 3.06. The zero-order valence-corrected chi connectivity index (χ0v) is 19.6. The molecule has 3 heterocycles. The molecule has 4 rings (SSSR count). The molecule has 1 unspecified atom stereocenters. The highest BCUT2D eigenvalue weighted by Crippen LogP contribution is 2.37. The van der Waals surface area contributed by atoms with E-state index in [1.54, 1.807) is 41.4 Å². The number of phenols is 1. The van der Waals surface area contributed by atoms with Crippen LogP contribution in [0.5, 0.6) is 11.5 Å². The molecule has 1 aromatic carbocycles. The van der Waals surface area contributed by atoms with Crippen LogP contribution in [0.3, 0.4) is 0 Å². The van der Waals surface area contributed by atoms with Crippen molar-refractivity contribution in [1.29, 1.82) is 0 Å². The van der Waals surface area contributed by atoms with Crippen LogP contribution in [-0.4, -0.2) is 48.4 Å². The van der Waals surface area contributed by atoms with Gasteiger partial charge in [0.15, 0.2) is 5.82 Å². The first-order chi connectivity index (χ1) is 16.0. The third-order valence-electron chi connectivity index (χ3n) is 4.96. The molecular formula is C22H20ClN7O2S. The monoisotopic (exact) mass is 481 g/mol. The van der Waals surface area contributed by atoms with Crippen molar-refractivity contribution in [3.05, 3.63) is 64.9 Å². The second-order valence-electron chi connectivity index (χ2n) is 7.07. The summed E-state index contributed by atoms with van der Waals surface area (Å²) in [7, 11) is 1.53. The molecule has 168 valence electrons. The summed E-state index contributed by atoms with van der Waals surface area (Å²) in [6, 6.07) is 5.01. The fourth-order valence-corrected chi connectivity index (χ4v) is 3.90. The van der Waals surface area contributed by atoms with Crippen molar-refractivity contribution in [3.63, 3.8) is 0 Å². The number of nitrogens with zero attached hydrogens (tertiary/aromatic N) is 6. The lowest BCUT2D eigenvalue weighted by molar-refractivity contribution is 0.405. The van der Waals surface area contributed by atoms with E-state index >= 15 is 0 Å². The first kappa shape index (κ1) is 22.6. The van der Waals surface area contributed by atoms with Crippen molar-refractivity contribution >= 4 is 41.3 Å². The molecule has 2 N–H and O–H groups in total. The third-order valence-corrected chi connectivity index (χ3v) is 6.24. The number of hydrogen-bond donors (Lipinski definition) is 2. The number of rotatable bonds is 8. The number of aromatic nitrogens is 5. The van der Waals surface area contributed by atoms with Gasteiger partial charge >= 0.3 is 0 Å². The molecule has 0 fully saturated rings. The van der Waals surface area contributed by atoms with Gasteiger partial charge in [-0.1, -0.05) is 37.2 Å². The van der Waals surface area contributed by atoms with Crippen molar-refractivity contribution in [2.75, 3.05) is 11.8 Å². The van der Waals surface area contributed by atoms with Crippen LogP contribution < -0.4 is 9.46 Å². The maximum Gasteiger partial charge on any atom is 0.239 e. The normalized spacial score (nSPS) is 14.1. The quantitative estimate of drug-likeness (QED) is 0.359. The highest BCUT2D eigenvalue weighted by Gasteiger charge is 2.24. The summed E-state index contributed by atoms with van der Waals surface area (Å²) < 4.78 is 10.4. The summed E-state index contributed by atoms with van der Waals surface area (Å²) in [5.74, 6) is 1.98. The van der Waals surface area contributed by atoms with Crippen LogP contribution in [0.2, 0.25) is 5.02 Å². The van der Waals surface area contributed by atoms with E-state index < -0.39 is 0 Å². The maximum atomic E-state index is 10.7. The predicted octanol–water partition coefficient (Wildman–Crippen LogP) is 4.41. The number of nitrogens with one attached hydrogen (secondary N) is 1. The minimum absolute atomic E-state index is 0.00676. The molecule has 9 nitrogen and oxygen atoms in total. The molecule has 0 spiro atoms. The first-order valence-electron chi connectivity index (χ1n) is 9.94. The number of aliphatic imine (C=N–C) groups is 1. The van der Waals surface area contributed by atoms with Gasteiger partial charge in [-0.05, 0) is 29.8 Å². The Morgan fingerprint density at radius 3 is 2.70 bits per heavy atom. The lowest BCUT2D eigenvalue weighted by Gasteiger charge is -2.19. The molecule has 0 aliphatic carbocycles. The standard InChI is InChI=1S/C22H20ClN7O2S/c1-13(20-25-11-16(23)12-26-20)14(2)33-29-22-28-27-21(15-6-5-9-24-10-15)30(22)19-17(31)7-4-8-18(19)32-3/h4,7-14,31H,1-3H3,(H,28,29)/t13?,14-/m0/s1. The molecular weight excluding hydrogens is 462 g/mol. The second kappa shape index (κ2) is 9.94. The van der Waals surface area contributed by atoms with E-state index in [4.69, 9.17) is 16.3 Å². The van der Waals surface area contributed by atoms with Crippen LogP contribution in [0.15, 0.2) is 53.2 Å². The van der Waals surface area contributed by atoms with E-state index in [1.165, 1.54) is 25.3 Å². The maximum absolute atomic E-state index is 10.7. The highest BCUT2D eigenvalue weighted by molar-refractivity contribution is 8.01. The van der Waals surface area contributed by atoms with Crippen LogP contribution in [0.25, 0.3) is 11.3 Å². The van der Waals surface area contributed by atoms with E-state index in [0.29, 0.717) is 39.6 Å². The number of aromatic hydroxyl groups is 1. The van der Waals surface area contributed by atoms with E-state index in [0.717, 1.165) is 0 Å². The predicted molar refractivity (Wildman–Crippen MR) is 129 cm³/mol. The minimum atomic E-state index is 0.00676. The molecule has 2 atom stereocenters. The van der Waals surface area contributed by atoms with Gasteiger partial charge in [0.25, 0.3) is 0 Å². The topological polar surface area (TPSA) is 110 Å². The number of phenolic OH excluding ortho intramolecular Hbond substituents is 1. The zero-order valence-electron chi connectivity index (χ0n) is 18.0. The highest BCUT2D eigenvalue weighted by atomic mass is 35.5. The smallest absolute Gasteiger partial charge is 0.239 e. The summed E-state index contributed by atoms with van der Waals surface area (Å²) in [6.45, 7) is 4.08. The molecule has 0 amide bonds. The van der Waals surface area contributed by atoms with Crippen LogP contribution in [-0.2, 0) is 0 Å². The van der Waals surface area contributed by atoms with Gasteiger partial charge in [0, 0.05) is 29.8 Å². The van der Waals surface area contributed by atoms with Gasteiger partial charge in [-0.25, -0.2) is 9.97 Å². The van der Waals surface area contributed by atoms with Crippen molar-refractivity contribution in [1.82, 2.24) is 24.7 Å². The Labute approximate surface area is 199 Å². The van der Waals surface area contributed by atoms with Gasteiger partial charge in [-0.2, -0.15) is 0 Å². The number of benzene rings is 1. The molecule has 3 aromatic rings. The molecule has 0 saturated heterocycles. The molecule has 33 heavy (non-hydrogen) atoms. The molecule has 1 aliphatic rings. The molecule has 0 bridgehead atoms. The van der Waals surface area contributed by atoms with Gasteiger partial charge < -0.3 is 9.84 Å². The fraction of sp³-hybridized carbons (Fsp3) is 0.227. The summed E-state index contributed by atoms with van der Waals surface area (Å²) in [5.41, 5.74) is 6.75. The van der Waals surface area contributed by atoms with E-state index in [2.05, 4.69) is 41.3 Å². The number of anilines is 1. The lowest BCUT2D eigenvalue weighted by atomic mass is 10.1. The largest absolute Gasteiger partial charge is 0.506 e. The van der Waals surface area contributed by atoms with E-state index in [9.17, 15) is 5.11 Å². The van der Waals surface area contributed by atoms with Crippen LogP contribution in [0.4, 0.5) is 5.95 Å². The Morgan fingerprint density at radius 2 is 2.00 bits per heavy atom. The Morgan fingerprint density at radius 1 is 1.21 bits per heavy atom. The average molecular weight is 482 g/mol. The minimum Gasteiger partial charge on any atom is -0.506 e. The number of para-hydroxylation sites is 1. The van der Waals surface area contributed by atoms with Crippen LogP contribution in [0.1, 0.15) is 31.4 Å². The number of methoxy groups -OCH3 is 1. The number of allylic oxidation sites excluding steroid dienone is 1. The summed E-state index contributed by atoms with van der Waals surface area (Å²) in [4.78, 5) is 12.7. The van der Waals surface area contributed by atoms with E-state index in [-0.39, 0.29) is 16.9 Å². The van der Waals surface area contributed by atoms with Gasteiger partial charge in [0.1, 0.15) is 23.0 Å². The first-order valence-corrected chi connectivity index (χ1v) is 11.2. The van der Waals surface area contributed by atoms with Crippen molar-refractivity contribution in [2.24, 2.45) is 4.99 Å². The van der Waals surface area contributed by atoms with Crippen LogP contribution in [0, 0.1) is 0 Å². The summed E-state index contributed by atoms with van der Waals surface area (Å²) >= 11 is 7.33. The van der Waals surface area contributed by atoms with Gasteiger partial charge in [0.05, 0.1) is 23.9 Å². The van der Waals surface area contributed by atoms with Crippen molar-refractivity contribution in [2.45, 2.75) is 25.0 Å². The number of ether oxygens (including phenoxy) is 1. The lowest BCUT2D eigenvalue weighted by Crippen LogP contribution is -2.15. The third kappa shape index (κ3) is 4.79. The van der Waals surface area contributed by atoms with Crippen molar-refractivity contribution in [3.8, 4) is 17.2 Å². The van der Waals surface area contributed by atoms with Gasteiger partial charge in [0.2, 0.25) is 5.95 Å². The van der Waals surface area contributed by atoms with Crippen molar-refractivity contribution < 1.29 is 9.84 Å². The Bertz CT molecular complexity index is 1290. The number of hydrogen-bond acceptors (Lipinski definition) is 9. The Hall–Kier alpha value is -3.55. The molecule has 0 radical (unpaired) electrons. The SMILES string of the molecule is COc1cccc(O)c1-n1c(NS[C@@H](C)C(C)c2ncc(Cl)cn2)nnc1C1=C=C=CN=C1. The Balaban J connectivity index is 1.69. The summed E-state index contributed by atoms with van der Waals surface area (Å²) in [5, 5.41) is 19.8. The molecule has 0 saturated carbocycles. The molecule has 11 heteroatoms. The molecule has 1 aliphatic heterocycles. The van der Waals surface area contributed by atoms with Gasteiger partial charge in [-0.15, -0.1) is 10.2 Å².